The van der Waals surface area contributed by atoms with E-state index in [2.05, 4.69) is 6.58 Å². The molecule has 0 aromatic heterocycles. The molecule has 2 atom stereocenters. The van der Waals surface area contributed by atoms with Crippen LogP contribution in [0.1, 0.15) is 26.2 Å². The van der Waals surface area contributed by atoms with Crippen LogP contribution in [-0.4, -0.2) is 22.4 Å². The van der Waals surface area contributed by atoms with E-state index >= 15 is 0 Å². The van der Waals surface area contributed by atoms with Crippen LogP contribution < -0.4 is 0 Å². The molecule has 2 nitrogen and oxygen atoms in total. The summed E-state index contributed by atoms with van der Waals surface area (Å²) in [5.74, 6) is 0. The van der Waals surface area contributed by atoms with Crippen molar-refractivity contribution in [2.75, 3.05) is 0 Å². The van der Waals surface area contributed by atoms with E-state index in [1.54, 1.807) is 0 Å². The minimum atomic E-state index is -0.758. The molecule has 0 radical (unpaired) electrons. The van der Waals surface area contributed by atoms with Gasteiger partial charge in [0.05, 0.1) is 12.2 Å². The van der Waals surface area contributed by atoms with Crippen molar-refractivity contribution < 1.29 is 10.2 Å². The average Bonchev–Trinajstić information content (AvgIpc) is 1.98. The zero-order chi connectivity index (χ0) is 7.98. The number of aliphatic hydroxyl groups excluding tert-OH is 2. The first-order chi connectivity index (χ1) is 4.72. The van der Waals surface area contributed by atoms with E-state index in [1.165, 1.54) is 6.08 Å². The smallest absolute Gasteiger partial charge is 0.0977 e. The highest BCUT2D eigenvalue weighted by Gasteiger charge is 2.10. The predicted octanol–water partition coefficient (Wildman–Crippen LogP) is 1.08. The van der Waals surface area contributed by atoms with E-state index in [0.717, 1.165) is 12.8 Å². The van der Waals surface area contributed by atoms with E-state index in [4.69, 9.17) is 10.2 Å². The Bertz CT molecular complexity index is 91.3. The number of hydrogen-bond acceptors (Lipinski definition) is 2. The van der Waals surface area contributed by atoms with Crippen LogP contribution in [-0.2, 0) is 0 Å². The van der Waals surface area contributed by atoms with Gasteiger partial charge in [-0.15, -0.1) is 6.58 Å². The van der Waals surface area contributed by atoms with E-state index in [0.29, 0.717) is 6.42 Å². The number of aliphatic hydroxyl groups is 2. The predicted molar refractivity (Wildman–Crippen MR) is 41.7 cm³/mol. The third kappa shape index (κ3) is 3.64. The molecule has 0 saturated carbocycles. The lowest BCUT2D eigenvalue weighted by Gasteiger charge is -2.12. The lowest BCUT2D eigenvalue weighted by atomic mass is 10.1. The first-order valence-electron chi connectivity index (χ1n) is 3.71. The van der Waals surface area contributed by atoms with Gasteiger partial charge in [0.15, 0.2) is 0 Å². The lowest BCUT2D eigenvalue weighted by molar-refractivity contribution is 0.0420. The van der Waals surface area contributed by atoms with E-state index in [-0.39, 0.29) is 0 Å². The third-order valence-corrected chi connectivity index (χ3v) is 1.49. The van der Waals surface area contributed by atoms with Gasteiger partial charge in [-0.3, -0.25) is 0 Å². The molecule has 0 bridgehead atoms. The first-order valence-corrected chi connectivity index (χ1v) is 3.71. The molecular formula is C8H16O2. The van der Waals surface area contributed by atoms with Crippen molar-refractivity contribution >= 4 is 0 Å². The third-order valence-electron chi connectivity index (χ3n) is 1.49. The number of unbranched alkanes of at least 4 members (excludes halogenated alkanes) is 1. The maximum absolute atomic E-state index is 9.13. The zero-order valence-electron chi connectivity index (χ0n) is 6.45. The summed E-state index contributed by atoms with van der Waals surface area (Å²) < 4.78 is 0. The largest absolute Gasteiger partial charge is 0.390 e. The van der Waals surface area contributed by atoms with E-state index < -0.39 is 12.2 Å². The highest BCUT2D eigenvalue weighted by Crippen LogP contribution is 2.04. The number of rotatable bonds is 5. The molecule has 0 spiro atoms. The van der Waals surface area contributed by atoms with Gasteiger partial charge in [-0.25, -0.2) is 0 Å². The van der Waals surface area contributed by atoms with Gasteiger partial charge in [0, 0.05) is 0 Å². The molecule has 10 heavy (non-hydrogen) atoms. The molecule has 0 aliphatic carbocycles. The Hall–Kier alpha value is -0.340. The summed E-state index contributed by atoms with van der Waals surface area (Å²) >= 11 is 0. The molecule has 0 aromatic rings. The molecule has 2 N–H and O–H groups in total. The van der Waals surface area contributed by atoms with Crippen LogP contribution in [0.15, 0.2) is 12.7 Å². The maximum Gasteiger partial charge on any atom is 0.0977 e. The van der Waals surface area contributed by atoms with Crippen LogP contribution in [0.5, 0.6) is 0 Å². The fraction of sp³-hybridized carbons (Fsp3) is 0.750. The number of hydrogen-bond donors (Lipinski definition) is 2. The molecule has 0 fully saturated rings. The Morgan fingerprint density at radius 3 is 2.50 bits per heavy atom. The second-order valence-corrected chi connectivity index (χ2v) is 2.44. The minimum Gasteiger partial charge on any atom is -0.390 e. The topological polar surface area (TPSA) is 40.5 Å². The Morgan fingerprint density at radius 1 is 1.50 bits per heavy atom. The molecule has 0 amide bonds. The van der Waals surface area contributed by atoms with Crippen LogP contribution in [0.3, 0.4) is 0 Å². The van der Waals surface area contributed by atoms with E-state index in [9.17, 15) is 0 Å². The average molecular weight is 144 g/mol. The second kappa shape index (κ2) is 5.45. The van der Waals surface area contributed by atoms with Gasteiger partial charge in [0.1, 0.15) is 0 Å². The zero-order valence-corrected chi connectivity index (χ0v) is 6.45. The quantitative estimate of drug-likeness (QED) is 0.567. The summed E-state index contributed by atoms with van der Waals surface area (Å²) in [7, 11) is 0. The fourth-order valence-corrected chi connectivity index (χ4v) is 0.741. The fourth-order valence-electron chi connectivity index (χ4n) is 0.741. The van der Waals surface area contributed by atoms with Crippen molar-refractivity contribution in [3.63, 3.8) is 0 Å². The van der Waals surface area contributed by atoms with Crippen LogP contribution in [0.25, 0.3) is 0 Å². The van der Waals surface area contributed by atoms with Gasteiger partial charge in [0.25, 0.3) is 0 Å². The van der Waals surface area contributed by atoms with Crippen molar-refractivity contribution in [3.05, 3.63) is 12.7 Å². The Morgan fingerprint density at radius 2 is 2.10 bits per heavy atom. The molecule has 0 saturated heterocycles. The van der Waals surface area contributed by atoms with Crippen molar-refractivity contribution in [1.82, 2.24) is 0 Å². The highest BCUT2D eigenvalue weighted by atomic mass is 16.3. The van der Waals surface area contributed by atoms with Gasteiger partial charge in [-0.2, -0.15) is 0 Å². The molecule has 0 heterocycles. The van der Waals surface area contributed by atoms with Crippen LogP contribution in [0, 0.1) is 0 Å². The standard InChI is InChI=1S/C8H16O2/c1-3-5-6-8(10)7(9)4-2/h4,7-10H,2-3,5-6H2,1H3/t7-,8-/m1/s1. The lowest BCUT2D eigenvalue weighted by Crippen LogP contribution is -2.22. The summed E-state index contributed by atoms with van der Waals surface area (Å²) in [4.78, 5) is 0. The highest BCUT2D eigenvalue weighted by molar-refractivity contribution is 4.83. The molecule has 0 aliphatic rings. The molecule has 0 unspecified atom stereocenters. The molecular weight excluding hydrogens is 128 g/mol. The molecule has 0 rings (SSSR count). The van der Waals surface area contributed by atoms with Gasteiger partial charge in [0.2, 0.25) is 0 Å². The monoisotopic (exact) mass is 144 g/mol. The van der Waals surface area contributed by atoms with Crippen LogP contribution >= 0.6 is 0 Å². The Labute approximate surface area is 62.2 Å². The Kier molecular flexibility index (Phi) is 5.26. The molecule has 2 heteroatoms. The minimum absolute atomic E-state index is 0.627. The second-order valence-electron chi connectivity index (χ2n) is 2.44. The molecule has 60 valence electrons. The maximum atomic E-state index is 9.13. The summed E-state index contributed by atoms with van der Waals surface area (Å²) in [5, 5.41) is 18.1. The van der Waals surface area contributed by atoms with Crippen molar-refractivity contribution in [3.8, 4) is 0 Å². The van der Waals surface area contributed by atoms with Crippen molar-refractivity contribution in [2.24, 2.45) is 0 Å². The Balaban J connectivity index is 3.40. The van der Waals surface area contributed by atoms with Crippen LogP contribution in [0.2, 0.25) is 0 Å². The summed E-state index contributed by atoms with van der Waals surface area (Å²) in [6, 6.07) is 0. The molecule has 0 aliphatic heterocycles. The SMILES string of the molecule is C=C[C@@H](O)[C@H](O)CCCC. The summed E-state index contributed by atoms with van der Waals surface area (Å²) in [6.07, 6.45) is 2.63. The normalized spacial score (nSPS) is 16.3. The van der Waals surface area contributed by atoms with Gasteiger partial charge in [-0.1, -0.05) is 25.8 Å². The van der Waals surface area contributed by atoms with Crippen molar-refractivity contribution in [2.45, 2.75) is 38.4 Å². The summed E-state index contributed by atoms with van der Waals surface area (Å²) in [5.41, 5.74) is 0. The molecule has 0 aromatic carbocycles. The van der Waals surface area contributed by atoms with Gasteiger partial charge >= 0.3 is 0 Å². The van der Waals surface area contributed by atoms with Crippen molar-refractivity contribution in [1.29, 1.82) is 0 Å². The van der Waals surface area contributed by atoms with Crippen LogP contribution in [0.4, 0.5) is 0 Å². The van der Waals surface area contributed by atoms with Gasteiger partial charge < -0.3 is 10.2 Å². The van der Waals surface area contributed by atoms with E-state index in [1.807, 2.05) is 6.92 Å². The first kappa shape index (κ1) is 9.66. The summed E-state index contributed by atoms with van der Waals surface area (Å²) in [6.45, 7) is 5.43. The van der Waals surface area contributed by atoms with Gasteiger partial charge in [-0.05, 0) is 6.42 Å².